The van der Waals surface area contributed by atoms with E-state index in [0.29, 0.717) is 31.2 Å². The number of anilines is 1. The normalized spacial score (nSPS) is 12.5. The highest BCUT2D eigenvalue weighted by atomic mass is 32.2. The van der Waals surface area contributed by atoms with Crippen molar-refractivity contribution in [2.45, 2.75) is 18.5 Å². The van der Waals surface area contributed by atoms with E-state index in [2.05, 4.69) is 6.07 Å². The van der Waals surface area contributed by atoms with E-state index in [9.17, 15) is 9.18 Å². The maximum atomic E-state index is 13.5. The second-order valence-electron chi connectivity index (χ2n) is 8.03. The van der Waals surface area contributed by atoms with E-state index < -0.39 is 0 Å². The van der Waals surface area contributed by atoms with Crippen LogP contribution in [-0.4, -0.2) is 29.9 Å². The number of halogens is 1. The van der Waals surface area contributed by atoms with Gasteiger partial charge in [-0.05, 0) is 54.4 Å². The molecule has 0 unspecified atom stereocenters. The molecule has 5 rings (SSSR count). The van der Waals surface area contributed by atoms with Crippen LogP contribution < -0.4 is 14.4 Å². The minimum absolute atomic E-state index is 0.0797. The summed E-state index contributed by atoms with van der Waals surface area (Å²) in [5.74, 6) is 1.20. The molecule has 1 aliphatic rings. The Morgan fingerprint density at radius 1 is 1.00 bits per heavy atom. The van der Waals surface area contributed by atoms with Crippen molar-refractivity contribution in [2.75, 3.05) is 23.9 Å². The lowest BCUT2D eigenvalue weighted by Crippen LogP contribution is -2.32. The van der Waals surface area contributed by atoms with E-state index >= 15 is 0 Å². The third-order valence-corrected chi connectivity index (χ3v) is 6.66. The first kappa shape index (κ1) is 22.2. The zero-order valence-corrected chi connectivity index (χ0v) is 19.5. The van der Waals surface area contributed by atoms with Gasteiger partial charge in [0.2, 0.25) is 5.91 Å². The zero-order valence-electron chi connectivity index (χ0n) is 18.7. The first-order chi connectivity index (χ1) is 16.6. The molecule has 0 fully saturated rings. The van der Waals surface area contributed by atoms with Gasteiger partial charge < -0.3 is 14.4 Å². The SMILES string of the molecule is Cc1cc2cc3c(cc2nc1SCC(=O)N(Cc1ccccc1)c1ccc(F)cc1)OCCO3. The summed E-state index contributed by atoms with van der Waals surface area (Å²) in [6.45, 7) is 3.44. The first-order valence-electron chi connectivity index (χ1n) is 11.0. The summed E-state index contributed by atoms with van der Waals surface area (Å²) in [6, 6.07) is 21.6. The van der Waals surface area contributed by atoms with Crippen LogP contribution in [-0.2, 0) is 11.3 Å². The molecular weight excluding hydrogens is 451 g/mol. The number of pyridine rings is 1. The van der Waals surface area contributed by atoms with Gasteiger partial charge in [0.25, 0.3) is 0 Å². The van der Waals surface area contributed by atoms with E-state index in [1.165, 1.54) is 23.9 Å². The number of fused-ring (bicyclic) bond motifs is 2. The molecule has 172 valence electrons. The molecule has 0 saturated heterocycles. The molecule has 7 heteroatoms. The molecule has 0 spiro atoms. The third-order valence-electron chi connectivity index (χ3n) is 5.58. The van der Waals surface area contributed by atoms with Crippen molar-refractivity contribution in [1.29, 1.82) is 0 Å². The number of benzene rings is 3. The number of carbonyl (C=O) groups excluding carboxylic acids is 1. The molecule has 3 aromatic carbocycles. The fraction of sp³-hybridized carbons (Fsp3) is 0.185. The number of thioether (sulfide) groups is 1. The lowest BCUT2D eigenvalue weighted by molar-refractivity contribution is -0.116. The number of aromatic nitrogens is 1. The van der Waals surface area contributed by atoms with Gasteiger partial charge in [0.1, 0.15) is 24.1 Å². The summed E-state index contributed by atoms with van der Waals surface area (Å²) in [4.78, 5) is 19.8. The van der Waals surface area contributed by atoms with Gasteiger partial charge in [0.05, 0.1) is 17.8 Å². The molecule has 1 aromatic heterocycles. The van der Waals surface area contributed by atoms with E-state index in [1.54, 1.807) is 17.0 Å². The Labute approximate surface area is 201 Å². The number of ether oxygens (including phenoxy) is 2. The Balaban J connectivity index is 1.38. The van der Waals surface area contributed by atoms with Crippen LogP contribution in [0.15, 0.2) is 77.8 Å². The van der Waals surface area contributed by atoms with Crippen LogP contribution in [0.3, 0.4) is 0 Å². The number of nitrogens with zero attached hydrogens (tertiary/aromatic N) is 2. The van der Waals surface area contributed by atoms with Crippen LogP contribution in [0.5, 0.6) is 11.5 Å². The topological polar surface area (TPSA) is 51.7 Å². The van der Waals surface area contributed by atoms with Crippen molar-refractivity contribution >= 4 is 34.3 Å². The molecule has 0 radical (unpaired) electrons. The standard InChI is InChI=1S/C27H23FN2O3S/c1-18-13-20-14-24-25(33-12-11-32-24)15-23(20)29-27(18)34-17-26(31)30(16-19-5-3-2-4-6-19)22-9-7-21(28)8-10-22/h2-10,13-15H,11-12,16-17H2,1H3. The highest BCUT2D eigenvalue weighted by Crippen LogP contribution is 2.35. The molecule has 0 saturated carbocycles. The van der Waals surface area contributed by atoms with Gasteiger partial charge in [-0.1, -0.05) is 42.1 Å². The summed E-state index contributed by atoms with van der Waals surface area (Å²) >= 11 is 1.40. The van der Waals surface area contributed by atoms with Crippen molar-refractivity contribution in [3.8, 4) is 11.5 Å². The second-order valence-corrected chi connectivity index (χ2v) is 8.99. The Bertz CT molecular complexity index is 1330. The average molecular weight is 475 g/mol. The van der Waals surface area contributed by atoms with Gasteiger partial charge in [-0.15, -0.1) is 0 Å². The highest BCUT2D eigenvalue weighted by Gasteiger charge is 2.19. The van der Waals surface area contributed by atoms with E-state index in [-0.39, 0.29) is 17.5 Å². The van der Waals surface area contributed by atoms with E-state index in [1.807, 2.05) is 49.4 Å². The molecule has 0 N–H and O–H groups in total. The Kier molecular flexibility index (Phi) is 6.36. The number of hydrogen-bond acceptors (Lipinski definition) is 5. The Hall–Kier alpha value is -3.58. The number of hydrogen-bond donors (Lipinski definition) is 0. The second kappa shape index (κ2) is 9.73. The summed E-state index contributed by atoms with van der Waals surface area (Å²) < 4.78 is 24.9. The van der Waals surface area contributed by atoms with Crippen LogP contribution >= 0.6 is 11.8 Å². The Morgan fingerprint density at radius 3 is 2.44 bits per heavy atom. The van der Waals surface area contributed by atoms with Crippen molar-refractivity contribution in [1.82, 2.24) is 4.98 Å². The summed E-state index contributed by atoms with van der Waals surface area (Å²) in [5.41, 5.74) is 3.43. The molecule has 1 amide bonds. The van der Waals surface area contributed by atoms with E-state index in [0.717, 1.165) is 32.8 Å². The van der Waals surface area contributed by atoms with Crippen LogP contribution in [0.2, 0.25) is 0 Å². The molecule has 0 bridgehead atoms. The fourth-order valence-electron chi connectivity index (χ4n) is 3.86. The lowest BCUT2D eigenvalue weighted by Gasteiger charge is -2.23. The van der Waals surface area contributed by atoms with Crippen LogP contribution in [0.25, 0.3) is 10.9 Å². The van der Waals surface area contributed by atoms with Crippen molar-refractivity contribution in [3.63, 3.8) is 0 Å². The molecule has 2 heterocycles. The molecule has 34 heavy (non-hydrogen) atoms. The predicted molar refractivity (Wildman–Crippen MR) is 132 cm³/mol. The van der Waals surface area contributed by atoms with Crippen molar-refractivity contribution in [2.24, 2.45) is 0 Å². The van der Waals surface area contributed by atoms with Gasteiger partial charge in [0.15, 0.2) is 11.5 Å². The van der Waals surface area contributed by atoms with E-state index in [4.69, 9.17) is 14.5 Å². The highest BCUT2D eigenvalue weighted by molar-refractivity contribution is 8.00. The maximum Gasteiger partial charge on any atom is 0.237 e. The first-order valence-corrected chi connectivity index (χ1v) is 12.0. The largest absolute Gasteiger partial charge is 0.486 e. The molecule has 1 aliphatic heterocycles. The van der Waals surface area contributed by atoms with Crippen molar-refractivity contribution < 1.29 is 18.7 Å². The lowest BCUT2D eigenvalue weighted by atomic mass is 10.1. The van der Waals surface area contributed by atoms with Gasteiger partial charge in [-0.3, -0.25) is 4.79 Å². The third kappa shape index (κ3) is 4.84. The number of rotatable bonds is 6. The number of amides is 1. The van der Waals surface area contributed by atoms with Gasteiger partial charge >= 0.3 is 0 Å². The van der Waals surface area contributed by atoms with Crippen molar-refractivity contribution in [3.05, 3.63) is 89.7 Å². The van der Waals surface area contributed by atoms with Gasteiger partial charge in [-0.2, -0.15) is 0 Å². The molecule has 4 aromatic rings. The summed E-state index contributed by atoms with van der Waals surface area (Å²) in [7, 11) is 0. The van der Waals surface area contributed by atoms with Crippen LogP contribution in [0.1, 0.15) is 11.1 Å². The smallest absolute Gasteiger partial charge is 0.237 e. The summed E-state index contributed by atoms with van der Waals surface area (Å²) in [5, 5.41) is 1.76. The monoisotopic (exact) mass is 474 g/mol. The number of carbonyl (C=O) groups is 1. The molecule has 0 aliphatic carbocycles. The molecular formula is C27H23FN2O3S. The predicted octanol–water partition coefficient (Wildman–Crippen LogP) is 5.78. The molecule has 5 nitrogen and oxygen atoms in total. The molecule has 0 atom stereocenters. The maximum absolute atomic E-state index is 13.5. The van der Waals surface area contributed by atoms with Crippen LogP contribution in [0, 0.1) is 12.7 Å². The van der Waals surface area contributed by atoms with Gasteiger partial charge in [-0.25, -0.2) is 9.37 Å². The zero-order chi connectivity index (χ0) is 23.5. The minimum Gasteiger partial charge on any atom is -0.486 e. The summed E-state index contributed by atoms with van der Waals surface area (Å²) in [6.07, 6.45) is 0. The minimum atomic E-state index is -0.335. The van der Waals surface area contributed by atoms with Gasteiger partial charge in [0, 0.05) is 17.1 Å². The van der Waals surface area contributed by atoms with Crippen LogP contribution in [0.4, 0.5) is 10.1 Å². The quantitative estimate of drug-likeness (QED) is 0.332. The fourth-order valence-corrected chi connectivity index (χ4v) is 4.73. The average Bonchev–Trinajstić information content (AvgIpc) is 2.86. The number of aryl methyl sites for hydroxylation is 1. The Morgan fingerprint density at radius 2 is 1.71 bits per heavy atom.